The Balaban J connectivity index is 1.05. The van der Waals surface area contributed by atoms with E-state index in [-0.39, 0.29) is 0 Å². The van der Waals surface area contributed by atoms with Gasteiger partial charge in [-0.15, -0.1) is 0 Å². The molecule has 76 heavy (non-hydrogen) atoms. The average molecular weight is 986 g/mol. The molecule has 0 fully saturated rings. The maximum atomic E-state index is 5.77. The number of hydrogen-bond acceptors (Lipinski definition) is 2. The van der Waals surface area contributed by atoms with Gasteiger partial charge in [-0.3, -0.25) is 9.13 Å². The third-order valence-corrected chi connectivity index (χ3v) is 20.4. The molecule has 4 aromatic heterocycles. The molecule has 0 aliphatic carbocycles. The normalized spacial score (nSPS) is 11.9. The van der Waals surface area contributed by atoms with Crippen LogP contribution in [0.25, 0.3) is 105 Å². The summed E-state index contributed by atoms with van der Waals surface area (Å²) in [5.41, 5.74) is 11.9. The highest BCUT2D eigenvalue weighted by Crippen LogP contribution is 2.42. The smallest absolute Gasteiger partial charge is 0.237 e. The number of fused-ring (bicyclic) bond motifs is 10. The predicted octanol–water partition coefficient (Wildman–Crippen LogP) is 14.5. The first kappa shape index (κ1) is 43.7. The SMILES string of the molecule is c1ccc(-c2cccc([Si](c3ccccc3)(c3ccccc3)c3cccc(-c4cc(-n5c6ccccc6c6ccc7c(c8ccccc8n7-c7ccccc7)c65)nc(-n5c6ccccc6c6ccccc65)n4)c3)c2)cc1. The number of rotatable bonds is 9. The van der Waals surface area contributed by atoms with E-state index in [0.717, 1.165) is 72.0 Å². The molecule has 15 rings (SSSR count). The summed E-state index contributed by atoms with van der Waals surface area (Å²) in [7, 11) is -3.05. The van der Waals surface area contributed by atoms with Crippen LogP contribution in [0.1, 0.15) is 0 Å². The van der Waals surface area contributed by atoms with Crippen molar-refractivity contribution in [2.45, 2.75) is 0 Å². The van der Waals surface area contributed by atoms with Gasteiger partial charge in [0, 0.05) is 49.6 Å². The molecule has 15 aromatic rings. The van der Waals surface area contributed by atoms with Crippen molar-refractivity contribution in [3.8, 4) is 39.8 Å². The van der Waals surface area contributed by atoms with Crippen LogP contribution in [-0.2, 0) is 0 Å². The van der Waals surface area contributed by atoms with Crippen LogP contribution in [0.5, 0.6) is 0 Å². The number of hydrogen-bond donors (Lipinski definition) is 0. The van der Waals surface area contributed by atoms with Crippen molar-refractivity contribution >= 4 is 94.2 Å². The summed E-state index contributed by atoms with van der Waals surface area (Å²) in [5, 5.41) is 12.2. The molecule has 0 atom stereocenters. The summed E-state index contributed by atoms with van der Waals surface area (Å²) in [4.78, 5) is 11.5. The lowest BCUT2D eigenvalue weighted by atomic mass is 10.1. The lowest BCUT2D eigenvalue weighted by Crippen LogP contribution is -2.74. The zero-order valence-electron chi connectivity index (χ0n) is 41.4. The Hall–Kier alpha value is -9.88. The van der Waals surface area contributed by atoms with Gasteiger partial charge in [0.15, 0.2) is 8.07 Å². The highest BCUT2D eigenvalue weighted by atomic mass is 28.3. The van der Waals surface area contributed by atoms with Gasteiger partial charge in [-0.2, -0.15) is 4.98 Å². The van der Waals surface area contributed by atoms with Crippen LogP contribution in [0.15, 0.2) is 285 Å². The minimum Gasteiger partial charge on any atom is -0.309 e. The van der Waals surface area contributed by atoms with Crippen molar-refractivity contribution in [3.05, 3.63) is 285 Å². The van der Waals surface area contributed by atoms with Gasteiger partial charge in [0.25, 0.3) is 0 Å². The Morgan fingerprint density at radius 2 is 0.724 bits per heavy atom. The van der Waals surface area contributed by atoms with Crippen LogP contribution in [-0.4, -0.2) is 31.7 Å². The van der Waals surface area contributed by atoms with Crippen LogP contribution in [0.2, 0.25) is 0 Å². The number of benzene rings is 11. The fraction of sp³-hybridized carbons (Fsp3) is 0. The van der Waals surface area contributed by atoms with Crippen molar-refractivity contribution in [2.24, 2.45) is 0 Å². The predicted molar refractivity (Wildman–Crippen MR) is 320 cm³/mol. The number of para-hydroxylation sites is 5. The Morgan fingerprint density at radius 3 is 1.33 bits per heavy atom. The van der Waals surface area contributed by atoms with Crippen LogP contribution >= 0.6 is 0 Å². The third kappa shape index (κ3) is 6.71. The fourth-order valence-corrected chi connectivity index (χ4v) is 17.2. The van der Waals surface area contributed by atoms with Crippen molar-refractivity contribution in [3.63, 3.8) is 0 Å². The molecule has 356 valence electrons. The molecule has 0 saturated heterocycles. The highest BCUT2D eigenvalue weighted by Gasteiger charge is 2.42. The molecule has 5 nitrogen and oxygen atoms in total. The molecule has 11 aromatic carbocycles. The van der Waals surface area contributed by atoms with Gasteiger partial charge in [0.05, 0.1) is 38.8 Å². The van der Waals surface area contributed by atoms with Crippen molar-refractivity contribution in [2.75, 3.05) is 0 Å². The first-order chi connectivity index (χ1) is 37.7. The Bertz CT molecular complexity index is 4600. The molecule has 0 unspecified atom stereocenters. The minimum atomic E-state index is -3.05. The third-order valence-electron chi connectivity index (χ3n) is 15.6. The van der Waals surface area contributed by atoms with E-state index in [1.54, 1.807) is 0 Å². The second kappa shape index (κ2) is 17.7. The van der Waals surface area contributed by atoms with E-state index in [4.69, 9.17) is 9.97 Å². The first-order valence-electron chi connectivity index (χ1n) is 26.0. The summed E-state index contributed by atoms with van der Waals surface area (Å²) in [6.45, 7) is 0. The fourth-order valence-electron chi connectivity index (χ4n) is 12.4. The van der Waals surface area contributed by atoms with Gasteiger partial charge < -0.3 is 4.57 Å². The average Bonchev–Trinajstić information content (AvgIpc) is 4.15. The van der Waals surface area contributed by atoms with Gasteiger partial charge in [0.2, 0.25) is 5.95 Å². The molecule has 4 heterocycles. The van der Waals surface area contributed by atoms with E-state index < -0.39 is 8.07 Å². The standard InChI is InChI=1S/C70H47N5Si/c1-5-23-48(24-6-1)49-25-21-33-54(45-49)76(52-29-9-3-10-30-52,53-31-11-4-12-32-53)55-34-22-26-50(46-55)61-47-67(72-70(71-61)74-62-39-17-13-35-56(62)57-36-14-18-40-63(57)74)75-64-41-19-15-37-58(64)59-43-44-66-68(69(59)75)60-38-16-20-42-65(60)73(66)51-27-7-2-8-28-51/h1-47H. The second-order valence-corrected chi connectivity index (χ2v) is 23.5. The molecule has 0 N–H and O–H groups in total. The molecule has 0 amide bonds. The Morgan fingerprint density at radius 1 is 0.276 bits per heavy atom. The number of nitrogens with zero attached hydrogens (tertiary/aromatic N) is 5. The quantitative estimate of drug-likeness (QED) is 0.107. The maximum Gasteiger partial charge on any atom is 0.237 e. The number of aromatic nitrogens is 5. The van der Waals surface area contributed by atoms with Crippen molar-refractivity contribution < 1.29 is 0 Å². The van der Waals surface area contributed by atoms with E-state index in [1.807, 2.05) is 0 Å². The van der Waals surface area contributed by atoms with E-state index in [0.29, 0.717) is 5.95 Å². The Labute approximate surface area is 440 Å². The van der Waals surface area contributed by atoms with Gasteiger partial charge >= 0.3 is 0 Å². The maximum absolute atomic E-state index is 5.77. The molecule has 0 aliphatic rings. The monoisotopic (exact) mass is 985 g/mol. The molecule has 6 heteroatoms. The van der Waals surface area contributed by atoms with Gasteiger partial charge in [-0.25, -0.2) is 4.98 Å². The van der Waals surface area contributed by atoms with Crippen molar-refractivity contribution in [1.29, 1.82) is 0 Å². The highest BCUT2D eigenvalue weighted by molar-refractivity contribution is 7.20. The van der Waals surface area contributed by atoms with Crippen LogP contribution < -0.4 is 20.7 Å². The summed E-state index contributed by atoms with van der Waals surface area (Å²) < 4.78 is 7.06. The van der Waals surface area contributed by atoms with Gasteiger partial charge in [-0.1, -0.05) is 237 Å². The molecular formula is C70H47N5Si. The van der Waals surface area contributed by atoms with E-state index in [1.165, 1.54) is 48.0 Å². The first-order valence-corrected chi connectivity index (χ1v) is 28.0. The zero-order chi connectivity index (χ0) is 50.2. The van der Waals surface area contributed by atoms with Crippen LogP contribution in [0, 0.1) is 0 Å². The second-order valence-electron chi connectivity index (χ2n) is 19.7. The molecule has 0 spiro atoms. The lowest BCUT2D eigenvalue weighted by Gasteiger charge is -2.35. The summed E-state index contributed by atoms with van der Waals surface area (Å²) in [5.74, 6) is 1.39. The van der Waals surface area contributed by atoms with Gasteiger partial charge in [0.1, 0.15) is 5.82 Å². The van der Waals surface area contributed by atoms with Gasteiger partial charge in [-0.05, 0) is 74.3 Å². The van der Waals surface area contributed by atoms with E-state index >= 15 is 0 Å². The summed E-state index contributed by atoms with van der Waals surface area (Å²) >= 11 is 0. The molecule has 0 bridgehead atoms. The Kier molecular flexibility index (Phi) is 10.1. The molecule has 0 saturated carbocycles. The molecular weight excluding hydrogens is 939 g/mol. The largest absolute Gasteiger partial charge is 0.309 e. The zero-order valence-corrected chi connectivity index (χ0v) is 42.4. The van der Waals surface area contributed by atoms with Crippen LogP contribution in [0.4, 0.5) is 0 Å². The van der Waals surface area contributed by atoms with E-state index in [9.17, 15) is 0 Å². The summed E-state index contributed by atoms with van der Waals surface area (Å²) in [6.07, 6.45) is 0. The van der Waals surface area contributed by atoms with E-state index in [2.05, 4.69) is 299 Å². The topological polar surface area (TPSA) is 40.6 Å². The minimum absolute atomic E-state index is 0.602. The van der Waals surface area contributed by atoms with Crippen molar-refractivity contribution in [1.82, 2.24) is 23.7 Å². The molecule has 0 radical (unpaired) electrons. The van der Waals surface area contributed by atoms with Crippen LogP contribution in [0.3, 0.4) is 0 Å². The summed E-state index contributed by atoms with van der Waals surface area (Å²) in [6, 6.07) is 104. The molecule has 0 aliphatic heterocycles. The lowest BCUT2D eigenvalue weighted by molar-refractivity contribution is 0.953.